The van der Waals surface area contributed by atoms with Crippen LogP contribution in [0.5, 0.6) is 0 Å². The first-order chi connectivity index (χ1) is 9.24. The highest BCUT2D eigenvalue weighted by atomic mass is 35.5. The normalized spacial score (nSPS) is 30.4. The molecule has 1 heterocycles. The third kappa shape index (κ3) is 2.54. The molecule has 2 fully saturated rings. The van der Waals surface area contributed by atoms with E-state index in [-0.39, 0.29) is 0 Å². The van der Waals surface area contributed by atoms with Gasteiger partial charge in [0.25, 0.3) is 0 Å². The lowest BCUT2D eigenvalue weighted by atomic mass is 9.92. The van der Waals surface area contributed by atoms with Gasteiger partial charge in [0.2, 0.25) is 0 Å². The summed E-state index contributed by atoms with van der Waals surface area (Å²) < 4.78 is 7.15. The zero-order chi connectivity index (χ0) is 13.4. The Morgan fingerprint density at radius 1 is 1.47 bits per heavy atom. The number of hydrogen-bond acceptors (Lipinski definition) is 3. The van der Waals surface area contributed by atoms with Crippen molar-refractivity contribution < 1.29 is 4.74 Å². The van der Waals surface area contributed by atoms with Crippen molar-refractivity contribution in [3.8, 4) is 0 Å². The van der Waals surface area contributed by atoms with E-state index in [2.05, 4.69) is 10.4 Å². The van der Waals surface area contributed by atoms with Gasteiger partial charge in [-0.1, -0.05) is 11.6 Å². The van der Waals surface area contributed by atoms with Crippen LogP contribution >= 0.6 is 11.6 Å². The van der Waals surface area contributed by atoms with Gasteiger partial charge >= 0.3 is 0 Å². The molecule has 0 aliphatic heterocycles. The zero-order valence-corrected chi connectivity index (χ0v) is 12.4. The van der Waals surface area contributed by atoms with Crippen molar-refractivity contribution in [2.45, 2.75) is 31.8 Å². The minimum Gasteiger partial charge on any atom is -0.383 e. The number of fused-ring (bicyclic) bond motifs is 1. The predicted octanol–water partition coefficient (Wildman–Crippen LogP) is 2.49. The Bertz CT molecular complexity index is 438. The lowest BCUT2D eigenvalue weighted by Crippen LogP contribution is -2.28. The molecule has 0 bridgehead atoms. The molecule has 1 aromatic heterocycles. The summed E-state index contributed by atoms with van der Waals surface area (Å²) in [5.41, 5.74) is 1.13. The van der Waals surface area contributed by atoms with Crippen LogP contribution in [0.15, 0.2) is 6.20 Å². The summed E-state index contributed by atoms with van der Waals surface area (Å²) in [5.74, 6) is 2.66. The Kier molecular flexibility index (Phi) is 3.83. The average molecular weight is 284 g/mol. The second-order valence-corrected chi connectivity index (χ2v) is 6.25. The van der Waals surface area contributed by atoms with Crippen molar-refractivity contribution in [1.82, 2.24) is 15.1 Å². The maximum absolute atomic E-state index is 6.36. The minimum absolute atomic E-state index is 0.319. The fourth-order valence-corrected chi connectivity index (χ4v) is 3.93. The molecule has 4 nitrogen and oxygen atoms in total. The maximum atomic E-state index is 6.36. The van der Waals surface area contributed by atoms with Crippen molar-refractivity contribution >= 4 is 11.6 Å². The molecular weight excluding hydrogens is 262 g/mol. The van der Waals surface area contributed by atoms with Gasteiger partial charge in [0.05, 0.1) is 36.1 Å². The second-order valence-electron chi connectivity index (χ2n) is 5.85. The van der Waals surface area contributed by atoms with Crippen molar-refractivity contribution in [2.24, 2.45) is 17.8 Å². The molecule has 0 saturated heterocycles. The van der Waals surface area contributed by atoms with Crippen molar-refractivity contribution in [3.63, 3.8) is 0 Å². The van der Waals surface area contributed by atoms with Gasteiger partial charge in [0.1, 0.15) is 0 Å². The highest BCUT2D eigenvalue weighted by Crippen LogP contribution is 2.57. The highest BCUT2D eigenvalue weighted by molar-refractivity contribution is 6.31. The molecular formula is C14H22ClN3O. The van der Waals surface area contributed by atoms with Crippen molar-refractivity contribution in [2.75, 3.05) is 20.8 Å². The SMILES string of the molecule is CNC(c1c(Cl)cnn1CCOC)C1CC2CC2C1. The number of nitrogens with zero attached hydrogens (tertiary/aromatic N) is 2. The molecule has 3 unspecified atom stereocenters. The summed E-state index contributed by atoms with van der Waals surface area (Å²) in [4.78, 5) is 0. The van der Waals surface area contributed by atoms with E-state index in [1.807, 2.05) is 11.7 Å². The Labute approximate surface area is 119 Å². The monoisotopic (exact) mass is 283 g/mol. The van der Waals surface area contributed by atoms with Gasteiger partial charge in [-0.15, -0.1) is 0 Å². The molecule has 1 aromatic rings. The maximum Gasteiger partial charge on any atom is 0.0834 e. The summed E-state index contributed by atoms with van der Waals surface area (Å²) in [5, 5.41) is 8.62. The molecule has 2 aliphatic carbocycles. The third-order valence-corrected chi connectivity index (χ3v) is 4.99. The summed E-state index contributed by atoms with van der Waals surface area (Å²) in [7, 11) is 3.74. The molecule has 0 aromatic carbocycles. The van der Waals surface area contributed by atoms with E-state index >= 15 is 0 Å². The van der Waals surface area contributed by atoms with Gasteiger partial charge in [-0.25, -0.2) is 0 Å². The number of rotatable bonds is 6. The van der Waals surface area contributed by atoms with E-state index in [1.165, 1.54) is 19.3 Å². The summed E-state index contributed by atoms with van der Waals surface area (Å²) in [6.45, 7) is 1.42. The number of nitrogens with one attached hydrogen (secondary N) is 1. The predicted molar refractivity (Wildman–Crippen MR) is 75.2 cm³/mol. The Hall–Kier alpha value is -0.580. The van der Waals surface area contributed by atoms with Crippen molar-refractivity contribution in [3.05, 3.63) is 16.9 Å². The molecule has 0 spiro atoms. The number of hydrogen-bond donors (Lipinski definition) is 1. The first-order valence-corrected chi connectivity index (χ1v) is 7.49. The largest absolute Gasteiger partial charge is 0.383 e. The first-order valence-electron chi connectivity index (χ1n) is 7.12. The number of aromatic nitrogens is 2. The van der Waals surface area contributed by atoms with Crippen LogP contribution in [0.1, 0.15) is 31.0 Å². The van der Waals surface area contributed by atoms with Crippen LogP contribution in [0, 0.1) is 17.8 Å². The number of methoxy groups -OCH3 is 1. The Balaban J connectivity index is 1.79. The molecule has 19 heavy (non-hydrogen) atoms. The fraction of sp³-hybridized carbons (Fsp3) is 0.786. The fourth-order valence-electron chi connectivity index (χ4n) is 3.67. The van der Waals surface area contributed by atoms with Gasteiger partial charge in [0, 0.05) is 7.11 Å². The van der Waals surface area contributed by atoms with Crippen LogP contribution in [-0.2, 0) is 11.3 Å². The summed E-state index contributed by atoms with van der Waals surface area (Å²) in [6.07, 6.45) is 5.88. The lowest BCUT2D eigenvalue weighted by Gasteiger charge is -2.25. The van der Waals surface area contributed by atoms with Crippen molar-refractivity contribution in [1.29, 1.82) is 0 Å². The molecule has 0 radical (unpaired) electrons. The zero-order valence-electron chi connectivity index (χ0n) is 11.6. The van der Waals surface area contributed by atoms with Gasteiger partial charge in [-0.05, 0) is 44.1 Å². The van der Waals surface area contributed by atoms with E-state index in [0.717, 1.165) is 29.1 Å². The van der Waals surface area contributed by atoms with Crippen LogP contribution in [0.3, 0.4) is 0 Å². The summed E-state index contributed by atoms with van der Waals surface area (Å²) in [6, 6.07) is 0.319. The standard InChI is InChI=1S/C14H22ClN3O/c1-16-13(11-6-9-5-10(9)7-11)14-12(15)8-17-18(14)3-4-19-2/h8-11,13,16H,3-7H2,1-2H3. The van der Waals surface area contributed by atoms with E-state index in [0.29, 0.717) is 18.6 Å². The van der Waals surface area contributed by atoms with Crippen LogP contribution in [-0.4, -0.2) is 30.5 Å². The highest BCUT2D eigenvalue weighted by Gasteiger charge is 2.48. The summed E-state index contributed by atoms with van der Waals surface area (Å²) >= 11 is 6.36. The number of ether oxygens (including phenoxy) is 1. The van der Waals surface area contributed by atoms with Gasteiger partial charge in [-0.2, -0.15) is 5.10 Å². The molecule has 3 atom stereocenters. The quantitative estimate of drug-likeness (QED) is 0.872. The Morgan fingerprint density at radius 2 is 2.21 bits per heavy atom. The van der Waals surface area contributed by atoms with E-state index in [9.17, 15) is 0 Å². The van der Waals surface area contributed by atoms with Crippen LogP contribution in [0.4, 0.5) is 0 Å². The topological polar surface area (TPSA) is 39.1 Å². The smallest absolute Gasteiger partial charge is 0.0834 e. The molecule has 2 aliphatic rings. The minimum atomic E-state index is 0.319. The molecule has 106 valence electrons. The molecule has 2 saturated carbocycles. The van der Waals surface area contributed by atoms with Crippen LogP contribution in [0.2, 0.25) is 5.02 Å². The molecule has 3 rings (SSSR count). The number of halogens is 1. The van der Waals surface area contributed by atoms with Crippen LogP contribution in [0.25, 0.3) is 0 Å². The second kappa shape index (κ2) is 5.43. The first kappa shape index (κ1) is 13.4. The third-order valence-electron chi connectivity index (χ3n) is 4.70. The molecule has 0 amide bonds. The molecule has 1 N–H and O–H groups in total. The van der Waals surface area contributed by atoms with E-state index < -0.39 is 0 Å². The van der Waals surface area contributed by atoms with Gasteiger partial charge in [0.15, 0.2) is 0 Å². The average Bonchev–Trinajstić information content (AvgIpc) is 2.86. The Morgan fingerprint density at radius 3 is 2.84 bits per heavy atom. The van der Waals surface area contributed by atoms with Gasteiger partial charge in [-0.3, -0.25) is 4.68 Å². The van der Waals surface area contributed by atoms with Crippen LogP contribution < -0.4 is 5.32 Å². The van der Waals surface area contributed by atoms with E-state index in [1.54, 1.807) is 13.3 Å². The molecule has 5 heteroatoms. The van der Waals surface area contributed by atoms with E-state index in [4.69, 9.17) is 16.3 Å². The lowest BCUT2D eigenvalue weighted by molar-refractivity contribution is 0.180. The van der Waals surface area contributed by atoms with Gasteiger partial charge < -0.3 is 10.1 Å².